The minimum atomic E-state index is -0.366. The second-order valence-corrected chi connectivity index (χ2v) is 5.76. The highest BCUT2D eigenvalue weighted by Crippen LogP contribution is 2.42. The predicted octanol–water partition coefficient (Wildman–Crippen LogP) is 3.51. The van der Waals surface area contributed by atoms with Gasteiger partial charge in [-0.25, -0.2) is 0 Å². The molecule has 1 amide bonds. The molecule has 1 saturated heterocycles. The second kappa shape index (κ2) is 4.93. The first-order chi connectivity index (χ1) is 8.79. The molecule has 1 aromatic carbocycles. The van der Waals surface area contributed by atoms with Crippen molar-refractivity contribution in [2.75, 3.05) is 0 Å². The lowest BCUT2D eigenvalue weighted by atomic mass is 9.86. The van der Waals surface area contributed by atoms with Gasteiger partial charge in [0, 0.05) is 6.04 Å². The standard InChI is InChI=1S/C15H18ClNO/c16-13-14(11-7-3-1-4-8-11)17(15(13)18)12-9-5-2-6-10-12/h1,3-4,7-8,12-14H,2,5-6,9-10H2/t13-,14-/m0/s1. The van der Waals surface area contributed by atoms with Gasteiger partial charge in [0.15, 0.2) is 0 Å². The van der Waals surface area contributed by atoms with Crippen molar-refractivity contribution < 1.29 is 4.79 Å². The summed E-state index contributed by atoms with van der Waals surface area (Å²) in [4.78, 5) is 14.1. The molecule has 0 bridgehead atoms. The summed E-state index contributed by atoms with van der Waals surface area (Å²) in [6, 6.07) is 10.7. The first-order valence-corrected chi connectivity index (χ1v) is 7.24. The molecular formula is C15H18ClNO. The minimum Gasteiger partial charge on any atom is -0.329 e. The number of benzene rings is 1. The average molecular weight is 264 g/mol. The lowest BCUT2D eigenvalue weighted by molar-refractivity contribution is -0.150. The molecule has 3 rings (SSSR count). The van der Waals surface area contributed by atoms with E-state index in [-0.39, 0.29) is 17.3 Å². The lowest BCUT2D eigenvalue weighted by Gasteiger charge is -2.50. The zero-order valence-electron chi connectivity index (χ0n) is 10.4. The highest BCUT2D eigenvalue weighted by Gasteiger charge is 2.49. The Kier molecular flexibility index (Phi) is 3.29. The van der Waals surface area contributed by atoms with Gasteiger partial charge in [0.2, 0.25) is 5.91 Å². The fraction of sp³-hybridized carbons (Fsp3) is 0.533. The Morgan fingerprint density at radius 3 is 2.39 bits per heavy atom. The molecule has 1 heterocycles. The topological polar surface area (TPSA) is 20.3 Å². The maximum absolute atomic E-state index is 12.0. The van der Waals surface area contributed by atoms with E-state index in [1.54, 1.807) is 0 Å². The van der Waals surface area contributed by atoms with Crippen LogP contribution in [-0.2, 0) is 4.79 Å². The lowest BCUT2D eigenvalue weighted by Crippen LogP contribution is -2.60. The van der Waals surface area contributed by atoms with Gasteiger partial charge in [-0.2, -0.15) is 0 Å². The molecule has 2 atom stereocenters. The van der Waals surface area contributed by atoms with Gasteiger partial charge in [0.05, 0.1) is 6.04 Å². The number of carbonyl (C=O) groups is 1. The summed E-state index contributed by atoms with van der Waals surface area (Å²) in [5.74, 6) is 0.123. The summed E-state index contributed by atoms with van der Waals surface area (Å²) in [7, 11) is 0. The summed E-state index contributed by atoms with van der Waals surface area (Å²) >= 11 is 6.22. The van der Waals surface area contributed by atoms with Crippen LogP contribution in [0.2, 0.25) is 0 Å². The van der Waals surface area contributed by atoms with Crippen molar-refractivity contribution in [2.24, 2.45) is 0 Å². The van der Waals surface area contributed by atoms with Crippen molar-refractivity contribution in [2.45, 2.75) is 49.6 Å². The van der Waals surface area contributed by atoms with Crippen molar-refractivity contribution in [3.05, 3.63) is 35.9 Å². The summed E-state index contributed by atoms with van der Waals surface area (Å²) in [6.07, 6.45) is 6.06. The molecule has 0 aromatic heterocycles. The quantitative estimate of drug-likeness (QED) is 0.591. The number of alkyl halides is 1. The van der Waals surface area contributed by atoms with E-state index in [2.05, 4.69) is 12.1 Å². The van der Waals surface area contributed by atoms with Gasteiger partial charge in [-0.3, -0.25) is 4.79 Å². The first kappa shape index (κ1) is 12.0. The molecule has 1 aliphatic carbocycles. The van der Waals surface area contributed by atoms with E-state index < -0.39 is 0 Å². The molecule has 1 saturated carbocycles. The number of likely N-dealkylation sites (tertiary alicyclic amines) is 1. The van der Waals surface area contributed by atoms with Crippen molar-refractivity contribution >= 4 is 17.5 Å². The smallest absolute Gasteiger partial charge is 0.243 e. The molecule has 0 radical (unpaired) electrons. The summed E-state index contributed by atoms with van der Waals surface area (Å²) in [5.41, 5.74) is 1.17. The third-order valence-corrected chi connectivity index (χ3v) is 4.60. The van der Waals surface area contributed by atoms with Crippen LogP contribution in [0.4, 0.5) is 0 Å². The molecule has 1 aromatic rings. The van der Waals surface area contributed by atoms with Crippen LogP contribution in [0.5, 0.6) is 0 Å². The molecule has 18 heavy (non-hydrogen) atoms. The summed E-state index contributed by atoms with van der Waals surface area (Å²) in [6.45, 7) is 0. The van der Waals surface area contributed by atoms with Gasteiger partial charge >= 0.3 is 0 Å². The third kappa shape index (κ3) is 1.93. The maximum atomic E-state index is 12.0. The molecule has 2 nitrogen and oxygen atoms in total. The Balaban J connectivity index is 1.82. The number of halogens is 1. The van der Waals surface area contributed by atoms with Crippen LogP contribution in [0, 0.1) is 0 Å². The van der Waals surface area contributed by atoms with E-state index >= 15 is 0 Å². The Hall–Kier alpha value is -1.02. The number of carbonyl (C=O) groups excluding carboxylic acids is 1. The summed E-state index contributed by atoms with van der Waals surface area (Å²) < 4.78 is 0. The van der Waals surface area contributed by atoms with E-state index in [9.17, 15) is 4.79 Å². The minimum absolute atomic E-state index is 0.0865. The average Bonchev–Trinajstić information content (AvgIpc) is 2.45. The van der Waals surface area contributed by atoms with Gasteiger partial charge in [-0.05, 0) is 18.4 Å². The molecule has 0 spiro atoms. The van der Waals surface area contributed by atoms with Crippen LogP contribution in [0.1, 0.15) is 43.7 Å². The van der Waals surface area contributed by atoms with Crippen LogP contribution in [0.3, 0.4) is 0 Å². The van der Waals surface area contributed by atoms with Gasteiger partial charge in [-0.1, -0.05) is 49.6 Å². The zero-order valence-corrected chi connectivity index (χ0v) is 11.1. The van der Waals surface area contributed by atoms with Crippen molar-refractivity contribution in [3.63, 3.8) is 0 Å². The molecule has 2 fully saturated rings. The maximum Gasteiger partial charge on any atom is 0.243 e. The monoisotopic (exact) mass is 263 g/mol. The molecule has 3 heteroatoms. The molecule has 96 valence electrons. The van der Waals surface area contributed by atoms with Crippen molar-refractivity contribution in [1.82, 2.24) is 4.90 Å². The third-order valence-electron chi connectivity index (χ3n) is 4.18. The van der Waals surface area contributed by atoms with Gasteiger partial charge in [0.1, 0.15) is 5.38 Å². The molecule has 2 aliphatic rings. The molecule has 0 unspecified atom stereocenters. The Labute approximate surface area is 113 Å². The number of rotatable bonds is 2. The fourth-order valence-corrected chi connectivity index (χ4v) is 3.60. The number of hydrogen-bond donors (Lipinski definition) is 0. The fourth-order valence-electron chi connectivity index (χ4n) is 3.22. The number of β-lactam (4-membered cyclic amide) rings is 1. The van der Waals surface area contributed by atoms with Crippen LogP contribution in [0.15, 0.2) is 30.3 Å². The van der Waals surface area contributed by atoms with Crippen LogP contribution in [0.25, 0.3) is 0 Å². The van der Waals surface area contributed by atoms with E-state index in [1.165, 1.54) is 24.8 Å². The highest BCUT2D eigenvalue weighted by atomic mass is 35.5. The Morgan fingerprint density at radius 1 is 1.06 bits per heavy atom. The van der Waals surface area contributed by atoms with Crippen LogP contribution >= 0.6 is 11.6 Å². The second-order valence-electron chi connectivity index (χ2n) is 5.29. The van der Waals surface area contributed by atoms with Gasteiger partial charge in [-0.15, -0.1) is 11.6 Å². The zero-order chi connectivity index (χ0) is 12.5. The molecule has 1 aliphatic heterocycles. The largest absolute Gasteiger partial charge is 0.329 e. The van der Waals surface area contributed by atoms with E-state index in [4.69, 9.17) is 11.6 Å². The van der Waals surface area contributed by atoms with Crippen LogP contribution < -0.4 is 0 Å². The van der Waals surface area contributed by atoms with Crippen molar-refractivity contribution in [3.8, 4) is 0 Å². The van der Waals surface area contributed by atoms with Crippen LogP contribution in [-0.4, -0.2) is 22.2 Å². The van der Waals surface area contributed by atoms with E-state index in [0.717, 1.165) is 12.8 Å². The predicted molar refractivity (Wildman–Crippen MR) is 72.5 cm³/mol. The Morgan fingerprint density at radius 2 is 1.72 bits per heavy atom. The number of hydrogen-bond acceptors (Lipinski definition) is 1. The van der Waals surface area contributed by atoms with Crippen molar-refractivity contribution in [1.29, 1.82) is 0 Å². The van der Waals surface area contributed by atoms with E-state index in [1.807, 2.05) is 23.1 Å². The molecule has 0 N–H and O–H groups in total. The highest BCUT2D eigenvalue weighted by molar-refractivity contribution is 6.33. The normalized spacial score (nSPS) is 29.2. The summed E-state index contributed by atoms with van der Waals surface area (Å²) in [5, 5.41) is -0.366. The SMILES string of the molecule is O=C1[C@@H](Cl)[C@H](c2ccccc2)N1C1CCCCC1. The molecular weight excluding hydrogens is 246 g/mol. The van der Waals surface area contributed by atoms with Gasteiger partial charge < -0.3 is 4.90 Å². The van der Waals surface area contributed by atoms with Gasteiger partial charge in [0.25, 0.3) is 0 Å². The van der Waals surface area contributed by atoms with E-state index in [0.29, 0.717) is 6.04 Å². The number of amides is 1. The number of nitrogens with zero attached hydrogens (tertiary/aromatic N) is 1. The first-order valence-electron chi connectivity index (χ1n) is 6.80. The Bertz CT molecular complexity index is 427.